The third kappa shape index (κ3) is 5.58. The van der Waals surface area contributed by atoms with Crippen LogP contribution in [0.2, 0.25) is 0 Å². The minimum absolute atomic E-state index is 0.0800. The second-order valence-corrected chi connectivity index (χ2v) is 7.43. The van der Waals surface area contributed by atoms with Crippen LogP contribution in [-0.4, -0.2) is 32.5 Å². The van der Waals surface area contributed by atoms with E-state index in [-0.39, 0.29) is 11.8 Å². The van der Waals surface area contributed by atoms with E-state index in [1.54, 1.807) is 6.07 Å². The van der Waals surface area contributed by atoms with Gasteiger partial charge in [0.25, 0.3) is 5.91 Å². The summed E-state index contributed by atoms with van der Waals surface area (Å²) in [5, 5.41) is 5.80. The lowest BCUT2D eigenvalue weighted by molar-refractivity contribution is -0.123. The molecule has 0 saturated heterocycles. The molecule has 0 atom stereocenters. The molecule has 1 rings (SSSR count). The second-order valence-electron chi connectivity index (χ2n) is 7.43. The topological polar surface area (TPSA) is 61.4 Å². The Kier molecular flexibility index (Phi) is 6.19. The molecule has 0 radical (unpaired) electrons. The van der Waals surface area contributed by atoms with Gasteiger partial charge in [0.15, 0.2) is 0 Å². The zero-order chi connectivity index (χ0) is 17.8. The minimum atomic E-state index is -0.486. The number of anilines is 2. The highest BCUT2D eigenvalue weighted by molar-refractivity contribution is 6.02. The number of amides is 2. The van der Waals surface area contributed by atoms with E-state index >= 15 is 0 Å². The van der Waals surface area contributed by atoms with Crippen molar-refractivity contribution >= 4 is 23.2 Å². The molecular weight excluding hydrogens is 290 g/mol. The lowest BCUT2D eigenvalue weighted by Gasteiger charge is -2.21. The maximum atomic E-state index is 12.5. The summed E-state index contributed by atoms with van der Waals surface area (Å²) in [5.41, 5.74) is 1.52. The normalized spacial score (nSPS) is 11.3. The molecule has 1 aromatic rings. The molecule has 128 valence electrons. The van der Waals surface area contributed by atoms with E-state index in [0.29, 0.717) is 23.7 Å². The predicted octanol–water partition coefficient (Wildman–Crippen LogP) is 3.12. The molecule has 0 heterocycles. The largest absolute Gasteiger partial charge is 0.377 e. The first-order valence-corrected chi connectivity index (χ1v) is 7.93. The SMILES string of the molecule is CC(C)CNC(=O)c1cc(NC(=O)C(C)(C)C)ccc1N(C)C. The summed E-state index contributed by atoms with van der Waals surface area (Å²) < 4.78 is 0. The number of carbonyl (C=O) groups is 2. The monoisotopic (exact) mass is 319 g/mol. The van der Waals surface area contributed by atoms with E-state index in [0.717, 1.165) is 5.69 Å². The third-order valence-corrected chi connectivity index (χ3v) is 3.33. The Hall–Kier alpha value is -2.04. The lowest BCUT2D eigenvalue weighted by atomic mass is 9.95. The van der Waals surface area contributed by atoms with Crippen molar-refractivity contribution in [2.75, 3.05) is 30.9 Å². The van der Waals surface area contributed by atoms with Gasteiger partial charge in [0, 0.05) is 37.4 Å². The molecule has 0 bridgehead atoms. The molecule has 5 nitrogen and oxygen atoms in total. The minimum Gasteiger partial charge on any atom is -0.377 e. The molecule has 5 heteroatoms. The van der Waals surface area contributed by atoms with Crippen LogP contribution in [0, 0.1) is 11.3 Å². The molecule has 0 saturated carbocycles. The first-order valence-electron chi connectivity index (χ1n) is 7.93. The quantitative estimate of drug-likeness (QED) is 0.876. The summed E-state index contributed by atoms with van der Waals surface area (Å²) in [7, 11) is 3.78. The van der Waals surface area contributed by atoms with Crippen LogP contribution >= 0.6 is 0 Å². The Bertz CT molecular complexity index is 572. The fourth-order valence-electron chi connectivity index (χ4n) is 1.90. The number of benzene rings is 1. The molecule has 0 aliphatic carbocycles. The molecule has 2 N–H and O–H groups in total. The van der Waals surface area contributed by atoms with Gasteiger partial charge in [-0.3, -0.25) is 9.59 Å². The van der Waals surface area contributed by atoms with Gasteiger partial charge in [0.1, 0.15) is 0 Å². The van der Waals surface area contributed by atoms with Crippen molar-refractivity contribution in [1.82, 2.24) is 5.32 Å². The summed E-state index contributed by atoms with van der Waals surface area (Å²) in [4.78, 5) is 26.5. The molecule has 0 aromatic heterocycles. The number of nitrogens with zero attached hydrogens (tertiary/aromatic N) is 1. The summed E-state index contributed by atoms with van der Waals surface area (Å²) in [6, 6.07) is 5.40. The van der Waals surface area contributed by atoms with Gasteiger partial charge in [0.05, 0.1) is 5.56 Å². The summed E-state index contributed by atoms with van der Waals surface area (Å²) in [6.45, 7) is 10.3. The molecule has 0 aliphatic heterocycles. The van der Waals surface area contributed by atoms with Crippen LogP contribution in [0.25, 0.3) is 0 Å². The number of rotatable bonds is 5. The van der Waals surface area contributed by atoms with Gasteiger partial charge in [-0.15, -0.1) is 0 Å². The van der Waals surface area contributed by atoms with Crippen molar-refractivity contribution in [1.29, 1.82) is 0 Å². The molecule has 23 heavy (non-hydrogen) atoms. The van der Waals surface area contributed by atoms with Crippen molar-refractivity contribution in [3.63, 3.8) is 0 Å². The second kappa shape index (κ2) is 7.49. The van der Waals surface area contributed by atoms with E-state index in [1.807, 2.05) is 65.7 Å². The van der Waals surface area contributed by atoms with Gasteiger partial charge in [-0.25, -0.2) is 0 Å². The van der Waals surface area contributed by atoms with Crippen molar-refractivity contribution < 1.29 is 9.59 Å². The number of nitrogens with one attached hydrogen (secondary N) is 2. The van der Waals surface area contributed by atoms with Gasteiger partial charge >= 0.3 is 0 Å². The molecular formula is C18H29N3O2. The van der Waals surface area contributed by atoms with Crippen LogP contribution < -0.4 is 15.5 Å². The van der Waals surface area contributed by atoms with Crippen LogP contribution in [0.3, 0.4) is 0 Å². The standard InChI is InChI=1S/C18H29N3O2/c1-12(2)11-19-16(22)14-10-13(8-9-15(14)21(6)7)20-17(23)18(3,4)5/h8-10,12H,11H2,1-7H3,(H,19,22)(H,20,23). The smallest absolute Gasteiger partial charge is 0.253 e. The van der Waals surface area contributed by atoms with Crippen molar-refractivity contribution in [3.05, 3.63) is 23.8 Å². The number of hydrogen-bond acceptors (Lipinski definition) is 3. The van der Waals surface area contributed by atoms with Crippen LogP contribution in [0.15, 0.2) is 18.2 Å². The Labute approximate surface area is 139 Å². The van der Waals surface area contributed by atoms with Gasteiger partial charge in [-0.05, 0) is 24.1 Å². The zero-order valence-electron chi connectivity index (χ0n) is 15.3. The molecule has 2 amide bonds. The molecule has 0 aliphatic rings. The van der Waals surface area contributed by atoms with Crippen LogP contribution in [0.1, 0.15) is 45.0 Å². The summed E-state index contributed by atoms with van der Waals surface area (Å²) in [5.74, 6) is 0.170. The van der Waals surface area contributed by atoms with Crippen molar-refractivity contribution in [2.24, 2.45) is 11.3 Å². The highest BCUT2D eigenvalue weighted by Crippen LogP contribution is 2.24. The maximum absolute atomic E-state index is 12.5. The van der Waals surface area contributed by atoms with Crippen molar-refractivity contribution in [2.45, 2.75) is 34.6 Å². The average molecular weight is 319 g/mol. The summed E-state index contributed by atoms with van der Waals surface area (Å²) in [6.07, 6.45) is 0. The van der Waals surface area contributed by atoms with Crippen LogP contribution in [-0.2, 0) is 4.79 Å². The fraction of sp³-hybridized carbons (Fsp3) is 0.556. The van der Waals surface area contributed by atoms with E-state index in [9.17, 15) is 9.59 Å². The first kappa shape index (κ1) is 19.0. The van der Waals surface area contributed by atoms with E-state index in [1.165, 1.54) is 0 Å². The van der Waals surface area contributed by atoms with Gasteiger partial charge < -0.3 is 15.5 Å². The maximum Gasteiger partial charge on any atom is 0.253 e. The lowest BCUT2D eigenvalue weighted by Crippen LogP contribution is -2.30. The Morgan fingerprint density at radius 3 is 2.26 bits per heavy atom. The predicted molar refractivity (Wildman–Crippen MR) is 96.0 cm³/mol. The third-order valence-electron chi connectivity index (χ3n) is 3.33. The Morgan fingerprint density at radius 2 is 1.78 bits per heavy atom. The van der Waals surface area contributed by atoms with Crippen LogP contribution in [0.4, 0.5) is 11.4 Å². The molecule has 0 unspecified atom stereocenters. The Morgan fingerprint density at radius 1 is 1.17 bits per heavy atom. The average Bonchev–Trinajstić information content (AvgIpc) is 2.43. The highest BCUT2D eigenvalue weighted by atomic mass is 16.2. The van der Waals surface area contributed by atoms with Gasteiger partial charge in [-0.1, -0.05) is 34.6 Å². The molecule has 0 spiro atoms. The van der Waals surface area contributed by atoms with E-state index < -0.39 is 5.41 Å². The highest BCUT2D eigenvalue weighted by Gasteiger charge is 2.22. The number of carbonyl (C=O) groups excluding carboxylic acids is 2. The van der Waals surface area contributed by atoms with Crippen molar-refractivity contribution in [3.8, 4) is 0 Å². The van der Waals surface area contributed by atoms with E-state index in [4.69, 9.17) is 0 Å². The molecule has 1 aromatic carbocycles. The first-order chi connectivity index (χ1) is 10.5. The zero-order valence-corrected chi connectivity index (χ0v) is 15.3. The van der Waals surface area contributed by atoms with Gasteiger partial charge in [0.2, 0.25) is 5.91 Å². The molecule has 0 fully saturated rings. The van der Waals surface area contributed by atoms with E-state index in [2.05, 4.69) is 10.6 Å². The summed E-state index contributed by atoms with van der Waals surface area (Å²) >= 11 is 0. The Balaban J connectivity index is 3.08. The van der Waals surface area contributed by atoms with Gasteiger partial charge in [-0.2, -0.15) is 0 Å². The number of hydrogen-bond donors (Lipinski definition) is 2. The van der Waals surface area contributed by atoms with Crippen LogP contribution in [0.5, 0.6) is 0 Å². The fourth-order valence-corrected chi connectivity index (χ4v) is 1.90.